The number of carbonyl (C=O) groups is 1. The molecule has 7 heteroatoms. The summed E-state index contributed by atoms with van der Waals surface area (Å²) in [6, 6.07) is 10.1. The van der Waals surface area contributed by atoms with Gasteiger partial charge < -0.3 is 4.90 Å². The van der Waals surface area contributed by atoms with Gasteiger partial charge in [-0.05, 0) is 18.6 Å². The second-order valence-corrected chi connectivity index (χ2v) is 9.35. The number of hydrogen-bond donors (Lipinski definition) is 0. The highest BCUT2D eigenvalue weighted by Crippen LogP contribution is 2.21. The van der Waals surface area contributed by atoms with Crippen molar-refractivity contribution in [3.05, 3.63) is 30.3 Å². The van der Waals surface area contributed by atoms with E-state index in [2.05, 4.69) is 4.90 Å². The summed E-state index contributed by atoms with van der Waals surface area (Å²) in [7, 11) is -2.84. The Morgan fingerprint density at radius 3 is 2.43 bits per heavy atom. The molecule has 0 spiro atoms. The summed E-state index contributed by atoms with van der Waals surface area (Å²) in [5.41, 5.74) is 0. The zero-order chi connectivity index (χ0) is 16.3. The molecule has 2 fully saturated rings. The zero-order valence-electron chi connectivity index (χ0n) is 13.1. The average molecular weight is 354 g/mol. The van der Waals surface area contributed by atoms with Crippen LogP contribution in [0, 0.1) is 0 Å². The Morgan fingerprint density at radius 1 is 1.13 bits per heavy atom. The van der Waals surface area contributed by atoms with Crippen LogP contribution in [-0.2, 0) is 14.6 Å². The number of hydrogen-bond acceptors (Lipinski definition) is 5. The molecule has 5 nitrogen and oxygen atoms in total. The topological polar surface area (TPSA) is 57.7 Å². The number of thioether (sulfide) groups is 1. The van der Waals surface area contributed by atoms with Gasteiger partial charge in [0.05, 0.1) is 17.3 Å². The van der Waals surface area contributed by atoms with Gasteiger partial charge in [0.2, 0.25) is 5.91 Å². The second-order valence-electron chi connectivity index (χ2n) is 6.08. The molecule has 1 atom stereocenters. The van der Waals surface area contributed by atoms with Crippen molar-refractivity contribution in [3.63, 3.8) is 0 Å². The number of benzene rings is 1. The van der Waals surface area contributed by atoms with Crippen molar-refractivity contribution < 1.29 is 13.2 Å². The number of carbonyl (C=O) groups excluding carboxylic acids is 1. The molecule has 1 amide bonds. The molecular weight excluding hydrogens is 332 g/mol. The molecular formula is C16H22N2O3S2. The number of sulfone groups is 1. The maximum absolute atomic E-state index is 12.3. The minimum Gasteiger partial charge on any atom is -0.339 e. The standard InChI is InChI=1S/C16H22N2O3S2/c19-16(12-22-15-4-2-1-3-5-15)18-9-7-17(8-10-18)14-6-11-23(20,21)13-14/h1-5,14H,6-13H2/t14-/m0/s1. The van der Waals surface area contributed by atoms with Gasteiger partial charge in [-0.1, -0.05) is 18.2 Å². The minimum absolute atomic E-state index is 0.149. The lowest BCUT2D eigenvalue weighted by Crippen LogP contribution is -2.52. The molecule has 2 aliphatic heterocycles. The van der Waals surface area contributed by atoms with Gasteiger partial charge in [0, 0.05) is 37.1 Å². The summed E-state index contributed by atoms with van der Waals surface area (Å²) in [5, 5.41) is 0. The van der Waals surface area contributed by atoms with E-state index in [-0.39, 0.29) is 17.7 Å². The van der Waals surface area contributed by atoms with Crippen molar-refractivity contribution >= 4 is 27.5 Å². The maximum Gasteiger partial charge on any atom is 0.233 e. The number of nitrogens with zero attached hydrogens (tertiary/aromatic N) is 2. The van der Waals surface area contributed by atoms with Crippen LogP contribution in [0.2, 0.25) is 0 Å². The first-order valence-corrected chi connectivity index (χ1v) is 10.7. The van der Waals surface area contributed by atoms with Crippen molar-refractivity contribution in [3.8, 4) is 0 Å². The maximum atomic E-state index is 12.3. The van der Waals surface area contributed by atoms with E-state index in [9.17, 15) is 13.2 Å². The monoisotopic (exact) mass is 354 g/mol. The van der Waals surface area contributed by atoms with Gasteiger partial charge in [-0.25, -0.2) is 8.42 Å². The number of piperazine rings is 1. The van der Waals surface area contributed by atoms with Crippen LogP contribution in [0.25, 0.3) is 0 Å². The molecule has 1 aromatic rings. The van der Waals surface area contributed by atoms with Gasteiger partial charge in [0.25, 0.3) is 0 Å². The fraction of sp³-hybridized carbons (Fsp3) is 0.562. The van der Waals surface area contributed by atoms with Crippen LogP contribution < -0.4 is 0 Å². The van der Waals surface area contributed by atoms with Crippen molar-refractivity contribution in [2.24, 2.45) is 0 Å². The van der Waals surface area contributed by atoms with Crippen molar-refractivity contribution in [1.29, 1.82) is 0 Å². The van der Waals surface area contributed by atoms with Crippen LogP contribution in [0.5, 0.6) is 0 Å². The lowest BCUT2D eigenvalue weighted by molar-refractivity contribution is -0.130. The predicted molar refractivity (Wildman–Crippen MR) is 92.4 cm³/mol. The Balaban J connectivity index is 1.44. The Morgan fingerprint density at radius 2 is 1.83 bits per heavy atom. The third kappa shape index (κ3) is 4.49. The average Bonchev–Trinajstić information content (AvgIpc) is 2.94. The van der Waals surface area contributed by atoms with E-state index >= 15 is 0 Å². The van der Waals surface area contributed by atoms with Crippen LogP contribution in [-0.4, -0.2) is 73.6 Å². The molecule has 0 saturated carbocycles. The molecule has 0 unspecified atom stereocenters. The largest absolute Gasteiger partial charge is 0.339 e. The van der Waals surface area contributed by atoms with Gasteiger partial charge in [0.1, 0.15) is 0 Å². The number of amides is 1. The molecule has 126 valence electrons. The molecule has 0 radical (unpaired) electrons. The Bertz CT molecular complexity index is 641. The molecule has 0 aromatic heterocycles. The van der Waals surface area contributed by atoms with Crippen LogP contribution >= 0.6 is 11.8 Å². The van der Waals surface area contributed by atoms with Crippen LogP contribution in [0.1, 0.15) is 6.42 Å². The summed E-state index contributed by atoms with van der Waals surface area (Å²) in [5.74, 6) is 1.22. The van der Waals surface area contributed by atoms with Gasteiger partial charge in [0.15, 0.2) is 9.84 Å². The van der Waals surface area contributed by atoms with Crippen molar-refractivity contribution in [2.75, 3.05) is 43.4 Å². The fourth-order valence-corrected chi connectivity index (χ4v) is 5.74. The third-order valence-corrected chi connectivity index (χ3v) is 7.24. The molecule has 1 aromatic carbocycles. The van der Waals surface area contributed by atoms with Gasteiger partial charge in [-0.15, -0.1) is 11.8 Å². The smallest absolute Gasteiger partial charge is 0.233 e. The summed E-state index contributed by atoms with van der Waals surface area (Å²) >= 11 is 1.56. The first kappa shape index (κ1) is 16.8. The highest BCUT2D eigenvalue weighted by molar-refractivity contribution is 8.00. The fourth-order valence-electron chi connectivity index (χ4n) is 3.15. The molecule has 23 heavy (non-hydrogen) atoms. The molecule has 2 saturated heterocycles. The van der Waals surface area contributed by atoms with Crippen LogP contribution in [0.15, 0.2) is 35.2 Å². The molecule has 0 N–H and O–H groups in total. The quantitative estimate of drug-likeness (QED) is 0.758. The van der Waals surface area contributed by atoms with Crippen molar-refractivity contribution in [1.82, 2.24) is 9.80 Å². The van der Waals surface area contributed by atoms with E-state index in [4.69, 9.17) is 0 Å². The van der Waals surface area contributed by atoms with E-state index in [1.54, 1.807) is 11.8 Å². The van der Waals surface area contributed by atoms with Gasteiger partial charge >= 0.3 is 0 Å². The van der Waals surface area contributed by atoms with E-state index in [1.807, 2.05) is 35.2 Å². The van der Waals surface area contributed by atoms with E-state index < -0.39 is 9.84 Å². The summed E-state index contributed by atoms with van der Waals surface area (Å²) < 4.78 is 23.2. The van der Waals surface area contributed by atoms with E-state index in [0.29, 0.717) is 24.6 Å². The molecule has 0 bridgehead atoms. The third-order valence-electron chi connectivity index (χ3n) is 4.50. The lowest BCUT2D eigenvalue weighted by Gasteiger charge is -2.37. The molecule has 2 heterocycles. The zero-order valence-corrected chi connectivity index (χ0v) is 14.7. The van der Waals surface area contributed by atoms with Gasteiger partial charge in [-0.3, -0.25) is 9.69 Å². The normalized spacial score (nSPS) is 24.7. The Labute approximate surface area is 141 Å². The highest BCUT2D eigenvalue weighted by Gasteiger charge is 2.34. The predicted octanol–water partition coefficient (Wildman–Crippen LogP) is 1.11. The van der Waals surface area contributed by atoms with Crippen LogP contribution in [0.4, 0.5) is 0 Å². The SMILES string of the molecule is O=C(CSc1ccccc1)N1CCN([C@H]2CCS(=O)(=O)C2)CC1. The van der Waals surface area contributed by atoms with E-state index in [1.165, 1.54) is 0 Å². The second kappa shape index (κ2) is 7.23. The Kier molecular flexibility index (Phi) is 5.28. The Hall–Kier alpha value is -1.05. The molecule has 0 aliphatic carbocycles. The molecule has 2 aliphatic rings. The van der Waals surface area contributed by atoms with Crippen molar-refractivity contribution in [2.45, 2.75) is 17.4 Å². The van der Waals surface area contributed by atoms with Gasteiger partial charge in [-0.2, -0.15) is 0 Å². The van der Waals surface area contributed by atoms with E-state index in [0.717, 1.165) is 24.4 Å². The summed E-state index contributed by atoms with van der Waals surface area (Å²) in [4.78, 5) is 17.5. The number of rotatable bonds is 4. The summed E-state index contributed by atoms with van der Waals surface area (Å²) in [6.07, 6.45) is 0.736. The summed E-state index contributed by atoms with van der Waals surface area (Å²) in [6.45, 7) is 2.96. The molecule has 3 rings (SSSR count). The highest BCUT2D eigenvalue weighted by atomic mass is 32.2. The first-order valence-electron chi connectivity index (χ1n) is 7.94. The lowest BCUT2D eigenvalue weighted by atomic mass is 10.2. The first-order chi connectivity index (χ1) is 11.0. The minimum atomic E-state index is -2.84. The van der Waals surface area contributed by atoms with Crippen LogP contribution in [0.3, 0.4) is 0 Å².